The molecule has 0 aromatic carbocycles. The lowest BCUT2D eigenvalue weighted by molar-refractivity contribution is 0.0657. The van der Waals surface area contributed by atoms with E-state index in [4.69, 9.17) is 0 Å². The summed E-state index contributed by atoms with van der Waals surface area (Å²) in [6, 6.07) is 4.17. The molecule has 1 aliphatic heterocycles. The molecule has 0 spiro atoms. The molecule has 2 aromatic rings. The highest BCUT2D eigenvalue weighted by molar-refractivity contribution is 7.99. The number of hydrogen-bond acceptors (Lipinski definition) is 5. The number of thiophene rings is 1. The molecule has 4 nitrogen and oxygen atoms in total. The van der Waals surface area contributed by atoms with Crippen molar-refractivity contribution in [2.45, 2.75) is 18.1 Å². The number of nitrogens with zero attached hydrogens (tertiary/aromatic N) is 1. The van der Waals surface area contributed by atoms with Crippen LogP contribution in [0.25, 0.3) is 0 Å². The smallest absolute Gasteiger partial charge is 0.128 e. The van der Waals surface area contributed by atoms with Crippen molar-refractivity contribution in [3.63, 3.8) is 0 Å². The van der Waals surface area contributed by atoms with Gasteiger partial charge in [-0.15, -0.1) is 11.3 Å². The van der Waals surface area contributed by atoms with Crippen LogP contribution in [0.2, 0.25) is 0 Å². The topological polar surface area (TPSA) is 60.9 Å². The van der Waals surface area contributed by atoms with E-state index in [0.29, 0.717) is 6.54 Å². The molecule has 3 rings (SSSR count). The van der Waals surface area contributed by atoms with Crippen molar-refractivity contribution in [2.24, 2.45) is 0 Å². The molecular formula is C13H17N3OS2. The Bertz CT molecular complexity index is 458. The summed E-state index contributed by atoms with van der Waals surface area (Å²) in [7, 11) is 0. The van der Waals surface area contributed by atoms with Gasteiger partial charge in [-0.25, -0.2) is 4.98 Å². The summed E-state index contributed by atoms with van der Waals surface area (Å²) in [5, 5.41) is 15.9. The Balaban J connectivity index is 1.73. The van der Waals surface area contributed by atoms with E-state index in [0.717, 1.165) is 23.8 Å². The minimum atomic E-state index is -0.577. The van der Waals surface area contributed by atoms with E-state index in [1.165, 1.54) is 4.88 Å². The highest BCUT2D eigenvalue weighted by atomic mass is 32.2. The first-order valence-corrected chi connectivity index (χ1v) is 8.36. The molecule has 0 saturated carbocycles. The fraction of sp³-hybridized carbons (Fsp3) is 0.462. The molecule has 1 saturated heterocycles. The lowest BCUT2D eigenvalue weighted by atomic mass is 10.0. The quantitative estimate of drug-likeness (QED) is 0.790. The average molecular weight is 295 g/mol. The van der Waals surface area contributed by atoms with E-state index in [1.54, 1.807) is 17.5 Å². The third kappa shape index (κ3) is 3.02. The molecule has 0 aliphatic carbocycles. The number of hydrogen-bond donors (Lipinski definition) is 3. The van der Waals surface area contributed by atoms with Crippen molar-refractivity contribution in [3.05, 3.63) is 40.6 Å². The summed E-state index contributed by atoms with van der Waals surface area (Å²) in [5.74, 6) is 2.76. The van der Waals surface area contributed by atoms with E-state index < -0.39 is 5.60 Å². The maximum atomic E-state index is 10.4. The van der Waals surface area contributed by atoms with Crippen LogP contribution in [-0.4, -0.2) is 38.7 Å². The van der Waals surface area contributed by atoms with Crippen LogP contribution < -0.4 is 5.32 Å². The van der Waals surface area contributed by atoms with E-state index in [1.807, 2.05) is 24.0 Å². The van der Waals surface area contributed by atoms with Crippen LogP contribution in [0.4, 0.5) is 0 Å². The number of rotatable bonds is 5. The van der Waals surface area contributed by atoms with E-state index >= 15 is 0 Å². The van der Waals surface area contributed by atoms with Crippen LogP contribution in [0.5, 0.6) is 0 Å². The molecule has 102 valence electrons. The average Bonchev–Trinajstić information content (AvgIpc) is 3.11. The Morgan fingerprint density at radius 2 is 2.53 bits per heavy atom. The van der Waals surface area contributed by atoms with Crippen molar-refractivity contribution in [1.29, 1.82) is 0 Å². The van der Waals surface area contributed by atoms with E-state index in [-0.39, 0.29) is 6.04 Å². The number of aromatic amines is 1. The molecule has 1 fully saturated rings. The fourth-order valence-electron chi connectivity index (χ4n) is 2.25. The van der Waals surface area contributed by atoms with Gasteiger partial charge < -0.3 is 15.4 Å². The molecule has 3 N–H and O–H groups in total. The molecule has 0 unspecified atom stereocenters. The van der Waals surface area contributed by atoms with Crippen LogP contribution >= 0.6 is 23.1 Å². The molecular weight excluding hydrogens is 278 g/mol. The number of thioether (sulfide) groups is 1. The van der Waals surface area contributed by atoms with Gasteiger partial charge in [0.25, 0.3) is 0 Å². The Morgan fingerprint density at radius 1 is 1.58 bits per heavy atom. The second-order valence-corrected chi connectivity index (χ2v) is 6.92. The highest BCUT2D eigenvalue weighted by Crippen LogP contribution is 2.29. The van der Waals surface area contributed by atoms with Crippen molar-refractivity contribution < 1.29 is 5.11 Å². The predicted molar refractivity (Wildman–Crippen MR) is 79.6 cm³/mol. The molecule has 0 bridgehead atoms. The number of imidazole rings is 1. The standard InChI is InChI=1S/C13H17N3OS2/c17-13(3-7-18-9-13)8-16-11(10-2-1-6-19-10)12-14-4-5-15-12/h1-2,4-6,11,16-17H,3,7-9H2,(H,14,15)/t11-,13+/m0/s1. The zero-order valence-corrected chi connectivity index (χ0v) is 12.1. The third-order valence-electron chi connectivity index (χ3n) is 3.34. The minimum absolute atomic E-state index is 0.0321. The van der Waals surface area contributed by atoms with Gasteiger partial charge in [-0.05, 0) is 23.6 Å². The van der Waals surface area contributed by atoms with Crippen molar-refractivity contribution in [2.75, 3.05) is 18.1 Å². The first-order chi connectivity index (χ1) is 9.27. The van der Waals surface area contributed by atoms with Crippen LogP contribution in [-0.2, 0) is 0 Å². The maximum Gasteiger partial charge on any atom is 0.128 e. The van der Waals surface area contributed by atoms with Gasteiger partial charge in [-0.3, -0.25) is 0 Å². The lowest BCUT2D eigenvalue weighted by Gasteiger charge is -2.25. The number of aliphatic hydroxyl groups is 1. The zero-order chi connectivity index (χ0) is 13.1. The van der Waals surface area contributed by atoms with E-state index in [2.05, 4.69) is 26.7 Å². The number of aromatic nitrogens is 2. The van der Waals surface area contributed by atoms with E-state index in [9.17, 15) is 5.11 Å². The molecule has 3 heterocycles. The molecule has 6 heteroatoms. The van der Waals surface area contributed by atoms with Gasteiger partial charge in [-0.2, -0.15) is 11.8 Å². The number of H-pyrrole nitrogens is 1. The largest absolute Gasteiger partial charge is 0.388 e. The van der Waals surface area contributed by atoms with Gasteiger partial charge in [0.2, 0.25) is 0 Å². The first kappa shape index (κ1) is 13.2. The normalized spacial score (nSPS) is 24.7. The van der Waals surface area contributed by atoms with Crippen LogP contribution in [0, 0.1) is 0 Å². The Hall–Kier alpha value is -0.820. The lowest BCUT2D eigenvalue weighted by Crippen LogP contribution is -2.42. The predicted octanol–water partition coefficient (Wildman–Crippen LogP) is 2.02. The highest BCUT2D eigenvalue weighted by Gasteiger charge is 2.32. The number of nitrogens with one attached hydrogen (secondary N) is 2. The minimum Gasteiger partial charge on any atom is -0.388 e. The molecule has 0 radical (unpaired) electrons. The van der Waals surface area contributed by atoms with Gasteiger partial charge in [0.1, 0.15) is 11.9 Å². The summed E-state index contributed by atoms with van der Waals surface area (Å²) in [4.78, 5) is 8.71. The van der Waals surface area contributed by atoms with Gasteiger partial charge in [0.15, 0.2) is 0 Å². The zero-order valence-electron chi connectivity index (χ0n) is 10.5. The molecule has 2 aromatic heterocycles. The van der Waals surface area contributed by atoms with Gasteiger partial charge >= 0.3 is 0 Å². The third-order valence-corrected chi connectivity index (χ3v) is 5.51. The summed E-state index contributed by atoms with van der Waals surface area (Å²) >= 11 is 3.52. The van der Waals surface area contributed by atoms with Crippen LogP contribution in [0.3, 0.4) is 0 Å². The molecule has 0 amide bonds. The van der Waals surface area contributed by atoms with Gasteiger partial charge in [-0.1, -0.05) is 6.07 Å². The second-order valence-electron chi connectivity index (χ2n) is 4.83. The van der Waals surface area contributed by atoms with Crippen LogP contribution in [0.15, 0.2) is 29.9 Å². The van der Waals surface area contributed by atoms with Crippen molar-refractivity contribution in [1.82, 2.24) is 15.3 Å². The molecule has 19 heavy (non-hydrogen) atoms. The summed E-state index contributed by atoms with van der Waals surface area (Å²) < 4.78 is 0. The monoisotopic (exact) mass is 295 g/mol. The summed E-state index contributed by atoms with van der Waals surface area (Å²) in [6.07, 6.45) is 4.45. The van der Waals surface area contributed by atoms with Crippen molar-refractivity contribution in [3.8, 4) is 0 Å². The van der Waals surface area contributed by atoms with Crippen molar-refractivity contribution >= 4 is 23.1 Å². The molecule has 1 aliphatic rings. The van der Waals surface area contributed by atoms with Crippen LogP contribution in [0.1, 0.15) is 23.2 Å². The Morgan fingerprint density at radius 3 is 3.16 bits per heavy atom. The SMILES string of the molecule is O[C@@]1(CN[C@H](c2ncc[nH]2)c2cccs2)CCSC1. The van der Waals surface area contributed by atoms with Gasteiger partial charge in [0, 0.05) is 29.6 Å². The second kappa shape index (κ2) is 5.66. The Kier molecular flexibility index (Phi) is 3.93. The maximum absolute atomic E-state index is 10.4. The summed E-state index contributed by atoms with van der Waals surface area (Å²) in [5.41, 5.74) is -0.577. The first-order valence-electron chi connectivity index (χ1n) is 6.33. The van der Waals surface area contributed by atoms with Gasteiger partial charge in [0.05, 0.1) is 5.60 Å². The Labute approximate surface area is 120 Å². The fourth-order valence-corrected chi connectivity index (χ4v) is 4.35. The molecule has 2 atom stereocenters. The summed E-state index contributed by atoms with van der Waals surface area (Å²) in [6.45, 7) is 0.600.